The molecule has 1 saturated heterocycles. The Morgan fingerprint density at radius 2 is 2.45 bits per heavy atom. The molecule has 2 aliphatic rings. The summed E-state index contributed by atoms with van der Waals surface area (Å²) in [4.78, 5) is 15.0. The van der Waals surface area contributed by atoms with Gasteiger partial charge in [0.1, 0.15) is 5.37 Å². The average molecular weight is 170 g/mol. The second kappa shape index (κ2) is 2.00. The molecule has 60 valence electrons. The Morgan fingerprint density at radius 3 is 3.00 bits per heavy atom. The smallest absolute Gasteiger partial charge is 0.248 e. The Balaban J connectivity index is 2.18. The third kappa shape index (κ3) is 1.05. The minimum Gasteiger partial charge on any atom is -0.340 e. The highest BCUT2D eigenvalue weighted by molar-refractivity contribution is 8.02. The van der Waals surface area contributed by atoms with Crippen LogP contribution in [0, 0.1) is 0 Å². The first-order valence-corrected chi connectivity index (χ1v) is 4.49. The van der Waals surface area contributed by atoms with Gasteiger partial charge in [0.05, 0.1) is 0 Å². The zero-order chi connectivity index (χ0) is 8.06. The van der Waals surface area contributed by atoms with Crippen molar-refractivity contribution in [3.05, 3.63) is 0 Å². The summed E-state index contributed by atoms with van der Waals surface area (Å²) in [6, 6.07) is -0.104. The van der Waals surface area contributed by atoms with Gasteiger partial charge in [0.25, 0.3) is 0 Å². The molecule has 2 aliphatic heterocycles. The SMILES string of the molecule is CC1(C)C=NC2C(=O)NC2S1. The molecule has 0 spiro atoms. The van der Waals surface area contributed by atoms with Crippen molar-refractivity contribution in [3.8, 4) is 0 Å². The highest BCUT2D eigenvalue weighted by atomic mass is 32.2. The molecule has 0 aromatic heterocycles. The summed E-state index contributed by atoms with van der Waals surface area (Å²) in [5.41, 5.74) is 0. The van der Waals surface area contributed by atoms with Crippen molar-refractivity contribution < 1.29 is 4.79 Å². The van der Waals surface area contributed by atoms with Gasteiger partial charge in [0.2, 0.25) is 5.91 Å². The fourth-order valence-corrected chi connectivity index (χ4v) is 2.48. The quantitative estimate of drug-likeness (QED) is 0.535. The van der Waals surface area contributed by atoms with Crippen LogP contribution in [0.4, 0.5) is 0 Å². The molecular weight excluding hydrogens is 160 g/mol. The number of hydrogen-bond donors (Lipinski definition) is 1. The fourth-order valence-electron chi connectivity index (χ4n) is 1.20. The van der Waals surface area contributed by atoms with Crippen LogP contribution in [0.15, 0.2) is 4.99 Å². The Morgan fingerprint density at radius 1 is 1.73 bits per heavy atom. The molecule has 0 aliphatic carbocycles. The summed E-state index contributed by atoms with van der Waals surface area (Å²) in [6.07, 6.45) is 1.87. The maximum absolute atomic E-state index is 10.8. The molecule has 2 rings (SSSR count). The summed E-state index contributed by atoms with van der Waals surface area (Å²) in [7, 11) is 0. The number of carbonyl (C=O) groups excluding carboxylic acids is 1. The van der Waals surface area contributed by atoms with Crippen LogP contribution in [0.5, 0.6) is 0 Å². The number of thioether (sulfide) groups is 1. The predicted octanol–water partition coefficient (Wildman–Crippen LogP) is 0.407. The number of nitrogens with zero attached hydrogens (tertiary/aromatic N) is 1. The molecule has 2 heterocycles. The summed E-state index contributed by atoms with van der Waals surface area (Å²) >= 11 is 1.76. The third-order valence-electron chi connectivity index (χ3n) is 1.82. The van der Waals surface area contributed by atoms with Crippen LogP contribution in [0.25, 0.3) is 0 Å². The van der Waals surface area contributed by atoms with Crippen molar-refractivity contribution in [2.45, 2.75) is 30.0 Å². The lowest BCUT2D eigenvalue weighted by atomic mass is 10.1. The number of fused-ring (bicyclic) bond motifs is 1. The van der Waals surface area contributed by atoms with Crippen LogP contribution in [0.3, 0.4) is 0 Å². The van der Waals surface area contributed by atoms with E-state index in [1.54, 1.807) is 11.8 Å². The Bertz CT molecular complexity index is 237. The zero-order valence-corrected chi connectivity index (χ0v) is 7.31. The molecule has 2 unspecified atom stereocenters. The summed E-state index contributed by atoms with van der Waals surface area (Å²) in [5.74, 6) is 0.0641. The summed E-state index contributed by atoms with van der Waals surface area (Å²) in [6.45, 7) is 4.20. The molecular formula is C7H10N2OS. The lowest BCUT2D eigenvalue weighted by Crippen LogP contribution is -2.62. The van der Waals surface area contributed by atoms with E-state index in [-0.39, 0.29) is 22.1 Å². The molecule has 0 aromatic rings. The van der Waals surface area contributed by atoms with Gasteiger partial charge in [-0.3, -0.25) is 9.79 Å². The van der Waals surface area contributed by atoms with E-state index in [2.05, 4.69) is 24.2 Å². The molecule has 0 bridgehead atoms. The predicted molar refractivity (Wildman–Crippen MR) is 45.9 cm³/mol. The maximum Gasteiger partial charge on any atom is 0.248 e. The molecule has 2 atom stereocenters. The molecule has 3 nitrogen and oxygen atoms in total. The molecule has 0 radical (unpaired) electrons. The van der Waals surface area contributed by atoms with Crippen molar-refractivity contribution >= 4 is 23.9 Å². The van der Waals surface area contributed by atoms with Gasteiger partial charge in [-0.1, -0.05) is 0 Å². The van der Waals surface area contributed by atoms with E-state index in [0.717, 1.165) is 0 Å². The van der Waals surface area contributed by atoms with E-state index in [1.807, 2.05) is 6.21 Å². The van der Waals surface area contributed by atoms with E-state index in [4.69, 9.17) is 0 Å². The second-order valence-corrected chi connectivity index (χ2v) is 5.17. The molecule has 4 heteroatoms. The van der Waals surface area contributed by atoms with E-state index < -0.39 is 0 Å². The van der Waals surface area contributed by atoms with Gasteiger partial charge < -0.3 is 5.32 Å². The molecule has 11 heavy (non-hydrogen) atoms. The van der Waals surface area contributed by atoms with Crippen LogP contribution in [-0.4, -0.2) is 28.3 Å². The Hall–Kier alpha value is -0.510. The van der Waals surface area contributed by atoms with Crippen LogP contribution in [0.2, 0.25) is 0 Å². The van der Waals surface area contributed by atoms with Gasteiger partial charge in [-0.05, 0) is 13.8 Å². The van der Waals surface area contributed by atoms with E-state index in [1.165, 1.54) is 0 Å². The molecule has 1 N–H and O–H groups in total. The van der Waals surface area contributed by atoms with E-state index in [9.17, 15) is 4.79 Å². The molecule has 0 saturated carbocycles. The number of hydrogen-bond acceptors (Lipinski definition) is 3. The van der Waals surface area contributed by atoms with E-state index >= 15 is 0 Å². The normalized spacial score (nSPS) is 38.9. The summed E-state index contributed by atoms with van der Waals surface area (Å²) < 4.78 is 0.0782. The number of nitrogens with one attached hydrogen (secondary N) is 1. The van der Waals surface area contributed by atoms with Gasteiger partial charge in [-0.15, -0.1) is 11.8 Å². The van der Waals surface area contributed by atoms with Crippen molar-refractivity contribution in [2.24, 2.45) is 4.99 Å². The number of β-lactam (4-membered cyclic amide) rings is 1. The first kappa shape index (κ1) is 7.16. The number of rotatable bonds is 0. The molecule has 0 aromatic carbocycles. The maximum atomic E-state index is 10.8. The highest BCUT2D eigenvalue weighted by Gasteiger charge is 2.44. The first-order valence-electron chi connectivity index (χ1n) is 3.61. The number of amides is 1. The van der Waals surface area contributed by atoms with Crippen molar-refractivity contribution in [1.29, 1.82) is 0 Å². The van der Waals surface area contributed by atoms with E-state index in [0.29, 0.717) is 0 Å². The van der Waals surface area contributed by atoms with Gasteiger partial charge in [0.15, 0.2) is 6.04 Å². The zero-order valence-electron chi connectivity index (χ0n) is 6.50. The van der Waals surface area contributed by atoms with Gasteiger partial charge in [-0.2, -0.15) is 0 Å². The first-order chi connectivity index (χ1) is 5.08. The standard InChI is InChI=1S/C7H10N2OS/c1-7(2)3-8-4-5(10)9-6(4)11-7/h3-4,6H,1-2H3,(H,9,10). The lowest BCUT2D eigenvalue weighted by molar-refractivity contribution is -0.128. The topological polar surface area (TPSA) is 41.5 Å². The van der Waals surface area contributed by atoms with Crippen molar-refractivity contribution in [1.82, 2.24) is 5.32 Å². The van der Waals surface area contributed by atoms with Crippen LogP contribution in [-0.2, 0) is 4.79 Å². The van der Waals surface area contributed by atoms with Crippen LogP contribution in [0.1, 0.15) is 13.8 Å². The van der Waals surface area contributed by atoms with Crippen LogP contribution < -0.4 is 5.32 Å². The fraction of sp³-hybridized carbons (Fsp3) is 0.714. The highest BCUT2D eigenvalue weighted by Crippen LogP contribution is 2.36. The minimum atomic E-state index is -0.104. The number of aliphatic imine (C=N–C) groups is 1. The minimum absolute atomic E-state index is 0.0641. The van der Waals surface area contributed by atoms with Gasteiger partial charge in [-0.25, -0.2) is 0 Å². The molecule has 1 amide bonds. The average Bonchev–Trinajstić information content (AvgIpc) is 1.84. The van der Waals surface area contributed by atoms with Crippen molar-refractivity contribution in [3.63, 3.8) is 0 Å². The largest absolute Gasteiger partial charge is 0.340 e. The Kier molecular flexibility index (Phi) is 1.30. The van der Waals surface area contributed by atoms with Gasteiger partial charge >= 0.3 is 0 Å². The van der Waals surface area contributed by atoms with Crippen LogP contribution >= 0.6 is 11.8 Å². The monoisotopic (exact) mass is 170 g/mol. The van der Waals surface area contributed by atoms with Gasteiger partial charge in [0, 0.05) is 11.0 Å². The second-order valence-electron chi connectivity index (χ2n) is 3.37. The molecule has 1 fully saturated rings. The lowest BCUT2D eigenvalue weighted by Gasteiger charge is -2.41. The Labute approximate surface area is 69.6 Å². The summed E-state index contributed by atoms with van der Waals surface area (Å²) in [5, 5.41) is 3.04. The third-order valence-corrected chi connectivity index (χ3v) is 3.16. The number of carbonyl (C=O) groups is 1. The van der Waals surface area contributed by atoms with Crippen molar-refractivity contribution in [2.75, 3.05) is 0 Å².